The standard InChI is InChI=1S/C21H23ClN4O4/c1-2-9-23-21(28)16-7-6-15(22)13-17(16)24-20(27)14-5-8-18(19(12-14)26(29)30)25-10-3-4-11-25/h5-8,12-13H,2-4,9-11H2,1H3,(H,23,28)(H,24,27). The topological polar surface area (TPSA) is 105 Å². The van der Waals surface area contributed by atoms with Crippen LogP contribution < -0.4 is 15.5 Å². The molecule has 0 bridgehead atoms. The average Bonchev–Trinajstić information content (AvgIpc) is 3.26. The van der Waals surface area contributed by atoms with Crippen molar-refractivity contribution in [2.45, 2.75) is 26.2 Å². The van der Waals surface area contributed by atoms with Gasteiger partial charge in [0.25, 0.3) is 17.5 Å². The van der Waals surface area contributed by atoms with Gasteiger partial charge in [-0.25, -0.2) is 0 Å². The molecule has 30 heavy (non-hydrogen) atoms. The third kappa shape index (κ3) is 4.88. The summed E-state index contributed by atoms with van der Waals surface area (Å²) in [5, 5.41) is 17.3. The Morgan fingerprint density at radius 3 is 2.53 bits per heavy atom. The molecule has 0 spiro atoms. The van der Waals surface area contributed by atoms with Crippen molar-refractivity contribution in [3.63, 3.8) is 0 Å². The lowest BCUT2D eigenvalue weighted by Gasteiger charge is -2.18. The van der Waals surface area contributed by atoms with Crippen molar-refractivity contribution < 1.29 is 14.5 Å². The lowest BCUT2D eigenvalue weighted by Crippen LogP contribution is -2.26. The zero-order valence-electron chi connectivity index (χ0n) is 16.6. The number of halogens is 1. The Bertz CT molecular complexity index is 973. The molecular weight excluding hydrogens is 408 g/mol. The van der Waals surface area contributed by atoms with Crippen LogP contribution in [0.3, 0.4) is 0 Å². The molecule has 3 rings (SSSR count). The highest BCUT2D eigenvalue weighted by atomic mass is 35.5. The third-order valence-electron chi connectivity index (χ3n) is 4.89. The fourth-order valence-electron chi connectivity index (χ4n) is 3.38. The molecule has 1 saturated heterocycles. The van der Waals surface area contributed by atoms with Gasteiger partial charge in [-0.05, 0) is 49.6 Å². The van der Waals surface area contributed by atoms with Crippen molar-refractivity contribution in [2.24, 2.45) is 0 Å². The highest BCUT2D eigenvalue weighted by Crippen LogP contribution is 2.32. The first-order valence-electron chi connectivity index (χ1n) is 9.83. The number of amides is 2. The Labute approximate surface area is 179 Å². The molecule has 1 aliphatic heterocycles. The highest BCUT2D eigenvalue weighted by molar-refractivity contribution is 6.31. The van der Waals surface area contributed by atoms with E-state index in [1.165, 1.54) is 18.2 Å². The summed E-state index contributed by atoms with van der Waals surface area (Å²) in [7, 11) is 0. The molecule has 0 atom stereocenters. The zero-order valence-corrected chi connectivity index (χ0v) is 17.4. The maximum Gasteiger partial charge on any atom is 0.293 e. The normalized spacial score (nSPS) is 13.2. The lowest BCUT2D eigenvalue weighted by atomic mass is 10.1. The molecule has 1 heterocycles. The fourth-order valence-corrected chi connectivity index (χ4v) is 3.55. The molecule has 0 radical (unpaired) electrons. The summed E-state index contributed by atoms with van der Waals surface area (Å²) in [4.78, 5) is 38.2. The molecule has 9 heteroatoms. The van der Waals surface area contributed by atoms with Crippen LogP contribution in [0.4, 0.5) is 17.1 Å². The van der Waals surface area contributed by atoms with E-state index in [9.17, 15) is 19.7 Å². The lowest BCUT2D eigenvalue weighted by molar-refractivity contribution is -0.384. The summed E-state index contributed by atoms with van der Waals surface area (Å²) < 4.78 is 0. The molecule has 0 aliphatic carbocycles. The minimum atomic E-state index is -0.558. The van der Waals surface area contributed by atoms with Crippen molar-refractivity contribution >= 4 is 40.5 Å². The van der Waals surface area contributed by atoms with E-state index < -0.39 is 10.8 Å². The number of hydrogen-bond acceptors (Lipinski definition) is 5. The number of hydrogen-bond donors (Lipinski definition) is 2. The minimum Gasteiger partial charge on any atom is -0.366 e. The minimum absolute atomic E-state index is 0.114. The summed E-state index contributed by atoms with van der Waals surface area (Å²) in [6, 6.07) is 9.00. The number of nitrogens with zero attached hydrogens (tertiary/aromatic N) is 2. The Kier molecular flexibility index (Phi) is 6.89. The van der Waals surface area contributed by atoms with E-state index in [-0.39, 0.29) is 28.4 Å². The average molecular weight is 431 g/mol. The van der Waals surface area contributed by atoms with Crippen LogP contribution in [0.5, 0.6) is 0 Å². The van der Waals surface area contributed by atoms with Crippen molar-refractivity contribution in [2.75, 3.05) is 29.9 Å². The molecule has 0 saturated carbocycles. The first kappa shape index (κ1) is 21.6. The summed E-state index contributed by atoms with van der Waals surface area (Å²) in [6.45, 7) is 3.94. The molecular formula is C21H23ClN4O4. The molecule has 2 N–H and O–H groups in total. The summed E-state index contributed by atoms with van der Waals surface area (Å²) in [5.41, 5.74) is 1.04. The predicted octanol–water partition coefficient (Wildman–Crippen LogP) is 4.24. The SMILES string of the molecule is CCCNC(=O)c1ccc(Cl)cc1NC(=O)c1ccc(N2CCCC2)c([N+](=O)[O-])c1. The maximum atomic E-state index is 12.8. The van der Waals surface area contributed by atoms with Crippen LogP contribution in [0.1, 0.15) is 46.9 Å². The number of anilines is 2. The zero-order chi connectivity index (χ0) is 21.7. The van der Waals surface area contributed by atoms with E-state index in [2.05, 4.69) is 10.6 Å². The number of nitro groups is 1. The van der Waals surface area contributed by atoms with Crippen LogP contribution in [-0.4, -0.2) is 36.4 Å². The molecule has 158 valence electrons. The van der Waals surface area contributed by atoms with Gasteiger partial charge in [0.1, 0.15) is 5.69 Å². The highest BCUT2D eigenvalue weighted by Gasteiger charge is 2.24. The number of carbonyl (C=O) groups excluding carboxylic acids is 2. The van der Waals surface area contributed by atoms with Gasteiger partial charge in [-0.3, -0.25) is 19.7 Å². The third-order valence-corrected chi connectivity index (χ3v) is 5.13. The fraction of sp³-hybridized carbons (Fsp3) is 0.333. The molecule has 8 nitrogen and oxygen atoms in total. The molecule has 0 unspecified atom stereocenters. The Hall–Kier alpha value is -3.13. The van der Waals surface area contributed by atoms with Gasteiger partial charge in [0, 0.05) is 36.3 Å². The Morgan fingerprint density at radius 1 is 1.13 bits per heavy atom. The van der Waals surface area contributed by atoms with Gasteiger partial charge in [-0.15, -0.1) is 0 Å². The first-order valence-corrected chi connectivity index (χ1v) is 10.2. The number of benzene rings is 2. The molecule has 1 fully saturated rings. The maximum absolute atomic E-state index is 12.8. The van der Waals surface area contributed by atoms with Crippen molar-refractivity contribution in [3.05, 3.63) is 62.7 Å². The van der Waals surface area contributed by atoms with Gasteiger partial charge in [0.2, 0.25) is 0 Å². The second kappa shape index (κ2) is 9.58. The van der Waals surface area contributed by atoms with Gasteiger partial charge in [0.05, 0.1) is 16.2 Å². The van der Waals surface area contributed by atoms with Gasteiger partial charge < -0.3 is 15.5 Å². The van der Waals surface area contributed by atoms with Gasteiger partial charge in [-0.2, -0.15) is 0 Å². The predicted molar refractivity (Wildman–Crippen MR) is 117 cm³/mol. The van der Waals surface area contributed by atoms with E-state index in [0.717, 1.165) is 32.4 Å². The first-order chi connectivity index (χ1) is 14.4. The smallest absolute Gasteiger partial charge is 0.293 e. The van der Waals surface area contributed by atoms with Crippen LogP contribution in [0, 0.1) is 10.1 Å². The molecule has 0 aromatic heterocycles. The van der Waals surface area contributed by atoms with Crippen molar-refractivity contribution in [1.82, 2.24) is 5.32 Å². The van der Waals surface area contributed by atoms with E-state index in [1.54, 1.807) is 18.2 Å². The number of nitrogens with one attached hydrogen (secondary N) is 2. The second-order valence-corrected chi connectivity index (χ2v) is 7.49. The van der Waals surface area contributed by atoms with Crippen LogP contribution >= 0.6 is 11.6 Å². The van der Waals surface area contributed by atoms with E-state index >= 15 is 0 Å². The Balaban J connectivity index is 1.87. The van der Waals surface area contributed by atoms with Crippen LogP contribution in [0.15, 0.2) is 36.4 Å². The molecule has 2 aromatic carbocycles. The number of nitro benzene ring substituents is 1. The van der Waals surface area contributed by atoms with Gasteiger partial charge in [-0.1, -0.05) is 18.5 Å². The summed E-state index contributed by atoms with van der Waals surface area (Å²) >= 11 is 6.04. The van der Waals surface area contributed by atoms with Crippen LogP contribution in [-0.2, 0) is 0 Å². The van der Waals surface area contributed by atoms with Crippen LogP contribution in [0.25, 0.3) is 0 Å². The van der Waals surface area contributed by atoms with E-state index in [1.807, 2.05) is 11.8 Å². The second-order valence-electron chi connectivity index (χ2n) is 7.05. The van der Waals surface area contributed by atoms with Gasteiger partial charge >= 0.3 is 0 Å². The summed E-state index contributed by atoms with van der Waals surface area (Å²) in [6.07, 6.45) is 2.74. The van der Waals surface area contributed by atoms with Gasteiger partial charge in [0.15, 0.2) is 0 Å². The van der Waals surface area contributed by atoms with Crippen molar-refractivity contribution in [3.8, 4) is 0 Å². The molecule has 2 aromatic rings. The van der Waals surface area contributed by atoms with Crippen molar-refractivity contribution in [1.29, 1.82) is 0 Å². The number of rotatable bonds is 7. The number of carbonyl (C=O) groups is 2. The largest absolute Gasteiger partial charge is 0.366 e. The van der Waals surface area contributed by atoms with E-state index in [0.29, 0.717) is 17.3 Å². The monoisotopic (exact) mass is 430 g/mol. The molecule has 2 amide bonds. The summed E-state index contributed by atoms with van der Waals surface area (Å²) in [5.74, 6) is -0.892. The van der Waals surface area contributed by atoms with E-state index in [4.69, 9.17) is 11.6 Å². The molecule has 1 aliphatic rings. The van der Waals surface area contributed by atoms with Crippen LogP contribution in [0.2, 0.25) is 5.02 Å². The Morgan fingerprint density at radius 2 is 1.87 bits per heavy atom. The quantitative estimate of drug-likeness (QED) is 0.505.